The number of aryl methyl sites for hydroxylation is 1. The van der Waals surface area contributed by atoms with Crippen LogP contribution in [0.2, 0.25) is 0 Å². The lowest BCUT2D eigenvalue weighted by Gasteiger charge is -2.02. The number of aromatic nitrogens is 1. The summed E-state index contributed by atoms with van der Waals surface area (Å²) in [7, 11) is 0. The molecule has 13 heavy (non-hydrogen) atoms. The van der Waals surface area contributed by atoms with E-state index in [4.69, 9.17) is 0 Å². The molecule has 0 radical (unpaired) electrons. The summed E-state index contributed by atoms with van der Waals surface area (Å²) in [5.41, 5.74) is 1.43. The summed E-state index contributed by atoms with van der Waals surface area (Å²) >= 11 is 0. The Morgan fingerprint density at radius 1 is 1.38 bits per heavy atom. The van der Waals surface area contributed by atoms with Gasteiger partial charge in [0.05, 0.1) is 0 Å². The lowest BCUT2D eigenvalue weighted by Crippen LogP contribution is -2.33. The third kappa shape index (κ3) is 3.17. The van der Waals surface area contributed by atoms with E-state index in [9.17, 15) is 0 Å². The normalized spacial score (nSPS) is 10.8. The molecule has 0 bridgehead atoms. The number of hydrogen-bond acceptors (Lipinski definition) is 0. The van der Waals surface area contributed by atoms with Gasteiger partial charge in [-0.3, -0.25) is 0 Å². The first-order chi connectivity index (χ1) is 6.24. The molecule has 0 spiro atoms. The summed E-state index contributed by atoms with van der Waals surface area (Å²) in [5, 5.41) is 0. The molecular weight excluding hydrogens is 158 g/mol. The zero-order chi connectivity index (χ0) is 9.68. The van der Waals surface area contributed by atoms with Crippen LogP contribution < -0.4 is 4.57 Å². The molecule has 1 nitrogen and oxygen atoms in total. The van der Waals surface area contributed by atoms with Crippen molar-refractivity contribution >= 4 is 0 Å². The molecule has 0 aliphatic carbocycles. The Labute approximate surface area is 81.4 Å². The van der Waals surface area contributed by atoms with Crippen molar-refractivity contribution < 1.29 is 4.57 Å². The van der Waals surface area contributed by atoms with E-state index in [0.717, 1.165) is 6.54 Å². The molecule has 1 aromatic rings. The van der Waals surface area contributed by atoms with Crippen LogP contribution in [-0.4, -0.2) is 0 Å². The molecule has 1 heteroatoms. The van der Waals surface area contributed by atoms with Crippen LogP contribution in [0.1, 0.15) is 45.1 Å². The van der Waals surface area contributed by atoms with Gasteiger partial charge in [0.15, 0.2) is 12.4 Å². The highest BCUT2D eigenvalue weighted by molar-refractivity contribution is 5.09. The molecule has 0 atom stereocenters. The van der Waals surface area contributed by atoms with Gasteiger partial charge < -0.3 is 0 Å². The predicted octanol–water partition coefficient (Wildman–Crippen LogP) is 2.90. The van der Waals surface area contributed by atoms with Crippen LogP contribution in [0.25, 0.3) is 0 Å². The van der Waals surface area contributed by atoms with Gasteiger partial charge in [0.1, 0.15) is 6.54 Å². The van der Waals surface area contributed by atoms with Crippen molar-refractivity contribution in [2.24, 2.45) is 0 Å². The Bertz CT molecular complexity index is 253. The van der Waals surface area contributed by atoms with Crippen LogP contribution in [0, 0.1) is 0 Å². The monoisotopic (exact) mass is 178 g/mol. The van der Waals surface area contributed by atoms with E-state index >= 15 is 0 Å². The first-order valence-corrected chi connectivity index (χ1v) is 5.23. The van der Waals surface area contributed by atoms with E-state index in [1.807, 2.05) is 0 Å². The second-order valence-electron chi connectivity index (χ2n) is 3.88. The van der Waals surface area contributed by atoms with Crippen molar-refractivity contribution in [2.45, 2.75) is 46.1 Å². The molecule has 0 unspecified atom stereocenters. The Morgan fingerprint density at radius 2 is 2.15 bits per heavy atom. The second kappa shape index (κ2) is 5.00. The number of hydrogen-bond donors (Lipinski definition) is 0. The molecule has 0 amide bonds. The minimum absolute atomic E-state index is 0.633. The van der Waals surface area contributed by atoms with Crippen LogP contribution in [0.4, 0.5) is 0 Å². The fourth-order valence-corrected chi connectivity index (χ4v) is 1.36. The Kier molecular flexibility index (Phi) is 3.94. The topological polar surface area (TPSA) is 3.88 Å². The van der Waals surface area contributed by atoms with Gasteiger partial charge in [-0.1, -0.05) is 27.2 Å². The first-order valence-electron chi connectivity index (χ1n) is 5.23. The summed E-state index contributed by atoms with van der Waals surface area (Å²) in [6.45, 7) is 7.85. The molecule has 0 N–H and O–H groups in total. The molecule has 1 rings (SSSR count). The molecule has 1 aromatic heterocycles. The van der Waals surface area contributed by atoms with E-state index in [-0.39, 0.29) is 0 Å². The van der Waals surface area contributed by atoms with Crippen molar-refractivity contribution in [3.63, 3.8) is 0 Å². The van der Waals surface area contributed by atoms with Crippen LogP contribution in [0.15, 0.2) is 24.5 Å². The summed E-state index contributed by atoms with van der Waals surface area (Å²) in [6, 6.07) is 4.35. The fourth-order valence-electron chi connectivity index (χ4n) is 1.36. The molecule has 0 fully saturated rings. The van der Waals surface area contributed by atoms with Gasteiger partial charge in [-0.2, -0.15) is 0 Å². The minimum Gasteiger partial charge on any atom is -0.205 e. The zero-order valence-corrected chi connectivity index (χ0v) is 8.96. The Balaban J connectivity index is 2.68. The summed E-state index contributed by atoms with van der Waals surface area (Å²) in [6.07, 6.45) is 6.95. The smallest absolute Gasteiger partial charge is 0.172 e. The average Bonchev–Trinajstić information content (AvgIpc) is 2.15. The Morgan fingerprint density at radius 3 is 2.77 bits per heavy atom. The molecule has 0 saturated carbocycles. The van der Waals surface area contributed by atoms with Crippen molar-refractivity contribution in [3.8, 4) is 0 Å². The molecule has 72 valence electrons. The standard InChI is InChI=1S/C12H20N/c1-4-5-8-13-9-6-7-12(10-13)11(2)3/h6-7,9-11H,4-5,8H2,1-3H3/q+1. The van der Waals surface area contributed by atoms with Gasteiger partial charge >= 0.3 is 0 Å². The van der Waals surface area contributed by atoms with E-state index < -0.39 is 0 Å². The maximum atomic E-state index is 2.29. The fraction of sp³-hybridized carbons (Fsp3) is 0.583. The largest absolute Gasteiger partial charge is 0.205 e. The van der Waals surface area contributed by atoms with Crippen LogP contribution in [0.5, 0.6) is 0 Å². The van der Waals surface area contributed by atoms with E-state index in [1.54, 1.807) is 0 Å². The lowest BCUT2D eigenvalue weighted by molar-refractivity contribution is -0.697. The SMILES string of the molecule is CCCC[n+]1cccc(C(C)C)c1. The minimum atomic E-state index is 0.633. The maximum Gasteiger partial charge on any atom is 0.172 e. The Hall–Kier alpha value is -0.850. The van der Waals surface area contributed by atoms with Gasteiger partial charge in [0.25, 0.3) is 0 Å². The van der Waals surface area contributed by atoms with Crippen LogP contribution in [-0.2, 0) is 6.54 Å². The van der Waals surface area contributed by atoms with Gasteiger partial charge in [-0.05, 0) is 12.0 Å². The van der Waals surface area contributed by atoms with Crippen molar-refractivity contribution in [2.75, 3.05) is 0 Å². The van der Waals surface area contributed by atoms with Crippen LogP contribution in [0.3, 0.4) is 0 Å². The van der Waals surface area contributed by atoms with Gasteiger partial charge in [-0.15, -0.1) is 0 Å². The zero-order valence-electron chi connectivity index (χ0n) is 8.96. The van der Waals surface area contributed by atoms with Crippen molar-refractivity contribution in [1.82, 2.24) is 0 Å². The molecule has 0 saturated heterocycles. The molecule has 1 heterocycles. The first kappa shape index (κ1) is 10.2. The van der Waals surface area contributed by atoms with E-state index in [2.05, 4.69) is 49.9 Å². The second-order valence-corrected chi connectivity index (χ2v) is 3.88. The van der Waals surface area contributed by atoms with Gasteiger partial charge in [0.2, 0.25) is 0 Å². The van der Waals surface area contributed by atoms with E-state index in [1.165, 1.54) is 18.4 Å². The molecular formula is C12H20N+. The quantitative estimate of drug-likeness (QED) is 0.624. The third-order valence-corrected chi connectivity index (χ3v) is 2.32. The summed E-state index contributed by atoms with van der Waals surface area (Å²) in [5.74, 6) is 0.633. The van der Waals surface area contributed by atoms with Gasteiger partial charge in [0, 0.05) is 18.1 Å². The molecule has 0 aromatic carbocycles. The highest BCUT2D eigenvalue weighted by Crippen LogP contribution is 2.10. The van der Waals surface area contributed by atoms with Crippen LogP contribution >= 0.6 is 0 Å². The van der Waals surface area contributed by atoms with Crippen molar-refractivity contribution in [1.29, 1.82) is 0 Å². The van der Waals surface area contributed by atoms with Crippen molar-refractivity contribution in [3.05, 3.63) is 30.1 Å². The highest BCUT2D eigenvalue weighted by atomic mass is 14.9. The number of nitrogens with zero attached hydrogens (tertiary/aromatic N) is 1. The molecule has 0 aliphatic rings. The highest BCUT2D eigenvalue weighted by Gasteiger charge is 2.04. The van der Waals surface area contributed by atoms with Gasteiger partial charge in [-0.25, -0.2) is 4.57 Å². The number of unbranched alkanes of at least 4 members (excludes halogenated alkanes) is 1. The average molecular weight is 178 g/mol. The number of pyridine rings is 1. The molecule has 0 aliphatic heterocycles. The number of rotatable bonds is 4. The van der Waals surface area contributed by atoms with E-state index in [0.29, 0.717) is 5.92 Å². The third-order valence-electron chi connectivity index (χ3n) is 2.32. The predicted molar refractivity (Wildman–Crippen MR) is 55.6 cm³/mol. The lowest BCUT2D eigenvalue weighted by atomic mass is 10.1. The summed E-state index contributed by atoms with van der Waals surface area (Å²) < 4.78 is 2.29. The maximum absolute atomic E-state index is 2.29. The summed E-state index contributed by atoms with van der Waals surface area (Å²) in [4.78, 5) is 0.